The summed E-state index contributed by atoms with van der Waals surface area (Å²) in [5, 5.41) is 3.43. The minimum absolute atomic E-state index is 0.738. The number of aryl methyl sites for hydroxylation is 1. The van der Waals surface area contributed by atoms with Crippen molar-refractivity contribution in [3.8, 4) is 0 Å². The Morgan fingerprint density at radius 1 is 1.10 bits per heavy atom. The topological polar surface area (TPSA) is 33.7 Å². The molecular weight excluding hydrogens is 264 g/mol. The molecule has 0 saturated heterocycles. The molecule has 0 aliphatic heterocycles. The number of ether oxygens (including phenoxy) is 2. The van der Waals surface area contributed by atoms with Gasteiger partial charge in [0.25, 0.3) is 0 Å². The molecule has 0 heterocycles. The third-order valence-electron chi connectivity index (χ3n) is 3.48. The molecule has 0 aliphatic rings. The summed E-state index contributed by atoms with van der Waals surface area (Å²) in [6, 6.07) is 6.68. The Morgan fingerprint density at radius 2 is 1.86 bits per heavy atom. The first-order chi connectivity index (χ1) is 10.2. The largest absolute Gasteiger partial charge is 0.385 e. The van der Waals surface area contributed by atoms with Crippen LogP contribution in [0.4, 0.5) is 5.69 Å². The van der Waals surface area contributed by atoms with Crippen LogP contribution >= 0.6 is 0 Å². The van der Waals surface area contributed by atoms with Gasteiger partial charge in [-0.1, -0.05) is 24.6 Å². The van der Waals surface area contributed by atoms with Gasteiger partial charge in [0, 0.05) is 46.1 Å². The highest BCUT2D eigenvalue weighted by Crippen LogP contribution is 2.22. The summed E-state index contributed by atoms with van der Waals surface area (Å²) in [4.78, 5) is 2.40. The summed E-state index contributed by atoms with van der Waals surface area (Å²) in [6.45, 7) is 9.58. The first kappa shape index (κ1) is 18.0. The van der Waals surface area contributed by atoms with Gasteiger partial charge in [0.15, 0.2) is 0 Å². The van der Waals surface area contributed by atoms with Crippen molar-refractivity contribution >= 4 is 5.69 Å². The summed E-state index contributed by atoms with van der Waals surface area (Å²) in [6.07, 6.45) is 1.02. The van der Waals surface area contributed by atoms with E-state index in [-0.39, 0.29) is 0 Å². The third kappa shape index (κ3) is 6.46. The van der Waals surface area contributed by atoms with E-state index in [0.717, 1.165) is 45.8 Å². The highest BCUT2D eigenvalue weighted by molar-refractivity contribution is 5.55. The van der Waals surface area contributed by atoms with Crippen LogP contribution in [0, 0.1) is 6.92 Å². The second kappa shape index (κ2) is 10.6. The standard InChI is InChI=1S/C17H30N2O2/c1-5-18-14-16-13-15(2)7-8-17(16)19(10-12-21-4)9-6-11-20-3/h7-8,13,18H,5-6,9-12,14H2,1-4H3. The van der Waals surface area contributed by atoms with Crippen LogP contribution < -0.4 is 10.2 Å². The smallest absolute Gasteiger partial charge is 0.0637 e. The number of rotatable bonds is 11. The first-order valence-electron chi connectivity index (χ1n) is 7.76. The fourth-order valence-corrected chi connectivity index (χ4v) is 2.38. The number of methoxy groups -OCH3 is 2. The molecule has 0 saturated carbocycles. The molecule has 0 radical (unpaired) electrons. The molecule has 4 nitrogen and oxygen atoms in total. The van der Waals surface area contributed by atoms with E-state index in [9.17, 15) is 0 Å². The van der Waals surface area contributed by atoms with Crippen molar-refractivity contribution in [3.63, 3.8) is 0 Å². The van der Waals surface area contributed by atoms with Crippen molar-refractivity contribution in [1.82, 2.24) is 5.32 Å². The van der Waals surface area contributed by atoms with Crippen LogP contribution in [-0.2, 0) is 16.0 Å². The van der Waals surface area contributed by atoms with E-state index < -0.39 is 0 Å². The summed E-state index contributed by atoms with van der Waals surface area (Å²) in [5.74, 6) is 0. The van der Waals surface area contributed by atoms with Crippen molar-refractivity contribution in [2.45, 2.75) is 26.8 Å². The molecule has 21 heavy (non-hydrogen) atoms. The molecule has 0 bridgehead atoms. The fraction of sp³-hybridized carbons (Fsp3) is 0.647. The van der Waals surface area contributed by atoms with Crippen LogP contribution in [-0.4, -0.2) is 47.1 Å². The van der Waals surface area contributed by atoms with Gasteiger partial charge in [0.1, 0.15) is 0 Å². The quantitative estimate of drug-likeness (QED) is 0.636. The number of hydrogen-bond donors (Lipinski definition) is 1. The molecule has 0 aromatic heterocycles. The average molecular weight is 294 g/mol. The summed E-state index contributed by atoms with van der Waals surface area (Å²) in [7, 11) is 3.50. The van der Waals surface area contributed by atoms with E-state index in [1.54, 1.807) is 14.2 Å². The zero-order valence-corrected chi connectivity index (χ0v) is 13.9. The molecule has 0 spiro atoms. The van der Waals surface area contributed by atoms with Gasteiger partial charge in [-0.25, -0.2) is 0 Å². The zero-order chi connectivity index (χ0) is 15.5. The second-order valence-electron chi connectivity index (χ2n) is 5.24. The van der Waals surface area contributed by atoms with E-state index in [1.165, 1.54) is 16.8 Å². The van der Waals surface area contributed by atoms with Crippen molar-refractivity contribution in [2.75, 3.05) is 52.0 Å². The summed E-state index contributed by atoms with van der Waals surface area (Å²) < 4.78 is 10.4. The van der Waals surface area contributed by atoms with E-state index >= 15 is 0 Å². The van der Waals surface area contributed by atoms with E-state index in [4.69, 9.17) is 9.47 Å². The van der Waals surface area contributed by atoms with Gasteiger partial charge in [-0.2, -0.15) is 0 Å². The second-order valence-corrected chi connectivity index (χ2v) is 5.24. The number of hydrogen-bond acceptors (Lipinski definition) is 4. The molecule has 0 aliphatic carbocycles. The van der Waals surface area contributed by atoms with Crippen LogP contribution in [0.5, 0.6) is 0 Å². The number of benzene rings is 1. The lowest BCUT2D eigenvalue weighted by Crippen LogP contribution is -2.30. The Hall–Kier alpha value is -1.10. The van der Waals surface area contributed by atoms with Gasteiger partial charge in [0.05, 0.1) is 6.61 Å². The van der Waals surface area contributed by atoms with Crippen LogP contribution in [0.1, 0.15) is 24.5 Å². The fourth-order valence-electron chi connectivity index (χ4n) is 2.38. The molecule has 120 valence electrons. The lowest BCUT2D eigenvalue weighted by molar-refractivity contribution is 0.191. The SMILES string of the molecule is CCNCc1cc(C)ccc1N(CCCOC)CCOC. The van der Waals surface area contributed by atoms with Gasteiger partial charge >= 0.3 is 0 Å². The van der Waals surface area contributed by atoms with E-state index in [0.29, 0.717) is 0 Å². The normalized spacial score (nSPS) is 10.9. The minimum atomic E-state index is 0.738. The van der Waals surface area contributed by atoms with Gasteiger partial charge in [-0.15, -0.1) is 0 Å². The molecule has 1 rings (SSSR count). The minimum Gasteiger partial charge on any atom is -0.385 e. The molecule has 1 N–H and O–H groups in total. The molecule has 0 amide bonds. The van der Waals surface area contributed by atoms with Gasteiger partial charge in [0.2, 0.25) is 0 Å². The van der Waals surface area contributed by atoms with Crippen LogP contribution in [0.2, 0.25) is 0 Å². The highest BCUT2D eigenvalue weighted by Gasteiger charge is 2.11. The maximum Gasteiger partial charge on any atom is 0.0637 e. The predicted molar refractivity (Wildman–Crippen MR) is 89.1 cm³/mol. The summed E-state index contributed by atoms with van der Waals surface area (Å²) >= 11 is 0. The van der Waals surface area contributed by atoms with Crippen molar-refractivity contribution in [3.05, 3.63) is 29.3 Å². The molecule has 1 aromatic carbocycles. The lowest BCUT2D eigenvalue weighted by atomic mass is 10.1. The maximum atomic E-state index is 5.26. The molecule has 0 unspecified atom stereocenters. The maximum absolute atomic E-state index is 5.26. The molecular formula is C17H30N2O2. The Kier molecular flexibility index (Phi) is 9.06. The van der Waals surface area contributed by atoms with Crippen molar-refractivity contribution in [2.24, 2.45) is 0 Å². The van der Waals surface area contributed by atoms with Crippen LogP contribution in [0.3, 0.4) is 0 Å². The zero-order valence-electron chi connectivity index (χ0n) is 13.9. The van der Waals surface area contributed by atoms with Gasteiger partial charge < -0.3 is 19.7 Å². The summed E-state index contributed by atoms with van der Waals surface area (Å²) in [5.41, 5.74) is 3.95. The monoisotopic (exact) mass is 294 g/mol. The number of anilines is 1. The van der Waals surface area contributed by atoms with E-state index in [1.807, 2.05) is 0 Å². The van der Waals surface area contributed by atoms with Crippen LogP contribution in [0.15, 0.2) is 18.2 Å². The first-order valence-corrected chi connectivity index (χ1v) is 7.76. The Balaban J connectivity index is 2.86. The van der Waals surface area contributed by atoms with Crippen molar-refractivity contribution < 1.29 is 9.47 Å². The highest BCUT2D eigenvalue weighted by atomic mass is 16.5. The molecule has 0 atom stereocenters. The molecule has 4 heteroatoms. The van der Waals surface area contributed by atoms with E-state index in [2.05, 4.69) is 42.3 Å². The average Bonchev–Trinajstić information content (AvgIpc) is 2.49. The Morgan fingerprint density at radius 3 is 2.52 bits per heavy atom. The number of nitrogens with zero attached hydrogens (tertiary/aromatic N) is 1. The van der Waals surface area contributed by atoms with Gasteiger partial charge in [-0.3, -0.25) is 0 Å². The van der Waals surface area contributed by atoms with Crippen LogP contribution in [0.25, 0.3) is 0 Å². The molecule has 1 aromatic rings. The predicted octanol–water partition coefficient (Wildman–Crippen LogP) is 2.59. The van der Waals surface area contributed by atoms with Crippen molar-refractivity contribution in [1.29, 1.82) is 0 Å². The Labute approximate surface area is 129 Å². The van der Waals surface area contributed by atoms with Gasteiger partial charge in [-0.05, 0) is 31.5 Å². The molecule has 0 fully saturated rings. The third-order valence-corrected chi connectivity index (χ3v) is 3.48. The lowest BCUT2D eigenvalue weighted by Gasteiger charge is -2.27. The number of nitrogens with one attached hydrogen (secondary N) is 1. The Bertz CT molecular complexity index is 396.